The Bertz CT molecular complexity index is 1090. The molecule has 1 amide bonds. The minimum Gasteiger partial charge on any atom is -0.322 e. The van der Waals surface area contributed by atoms with Crippen LogP contribution in [0.25, 0.3) is 23.2 Å². The second-order valence-electron chi connectivity index (χ2n) is 5.76. The highest BCUT2D eigenvalue weighted by atomic mass is 32.1. The number of nitrogens with zero attached hydrogens (tertiary/aromatic N) is 2. The number of carbonyl (C=O) groups excluding carboxylic acids is 1. The molecular weight excluding hydrogens is 342 g/mol. The summed E-state index contributed by atoms with van der Waals surface area (Å²) in [7, 11) is 0. The Kier molecular flexibility index (Phi) is 4.53. The molecule has 3 aromatic carbocycles. The predicted molar refractivity (Wildman–Crippen MR) is 107 cm³/mol. The maximum atomic E-state index is 12.3. The van der Waals surface area contributed by atoms with Crippen molar-refractivity contribution in [1.82, 2.24) is 8.75 Å². The number of carbonyl (C=O) groups is 1. The largest absolute Gasteiger partial charge is 0.322 e. The number of hydrogen-bond acceptors (Lipinski definition) is 4. The van der Waals surface area contributed by atoms with Crippen LogP contribution >= 0.6 is 11.7 Å². The fourth-order valence-electron chi connectivity index (χ4n) is 2.66. The van der Waals surface area contributed by atoms with Crippen LogP contribution in [0.15, 0.2) is 72.8 Å². The van der Waals surface area contributed by atoms with Gasteiger partial charge < -0.3 is 5.32 Å². The normalized spacial score (nSPS) is 11.1. The number of benzene rings is 3. The second-order valence-corrected chi connectivity index (χ2v) is 6.29. The standard InChI is InChI=1S/C21H15N3OS/c25-21(17-7-2-1-3-8-17)22-18-10-4-6-15(14-18)12-13-16-9-5-11-19-20(16)24-26-23-19/h1-14H,(H,22,25)/b13-12+. The van der Waals surface area contributed by atoms with Crippen molar-refractivity contribution in [3.8, 4) is 0 Å². The summed E-state index contributed by atoms with van der Waals surface area (Å²) in [5.41, 5.74) is 5.22. The van der Waals surface area contributed by atoms with E-state index in [0.29, 0.717) is 5.56 Å². The molecule has 1 heterocycles. The topological polar surface area (TPSA) is 54.9 Å². The van der Waals surface area contributed by atoms with Gasteiger partial charge in [0.05, 0.1) is 11.7 Å². The Balaban J connectivity index is 1.54. The number of rotatable bonds is 4. The zero-order valence-electron chi connectivity index (χ0n) is 13.8. The Morgan fingerprint density at radius 3 is 2.62 bits per heavy atom. The van der Waals surface area contributed by atoms with Crippen LogP contribution in [0.2, 0.25) is 0 Å². The molecule has 1 N–H and O–H groups in total. The summed E-state index contributed by atoms with van der Waals surface area (Å²) in [6.45, 7) is 0. The van der Waals surface area contributed by atoms with Crippen molar-refractivity contribution in [3.63, 3.8) is 0 Å². The molecule has 0 radical (unpaired) electrons. The van der Waals surface area contributed by atoms with E-state index < -0.39 is 0 Å². The molecule has 0 saturated carbocycles. The summed E-state index contributed by atoms with van der Waals surface area (Å²) in [6.07, 6.45) is 4.02. The summed E-state index contributed by atoms with van der Waals surface area (Å²) in [4.78, 5) is 12.3. The number of amides is 1. The molecule has 126 valence electrons. The molecule has 0 aliphatic carbocycles. The van der Waals surface area contributed by atoms with Crippen molar-refractivity contribution in [1.29, 1.82) is 0 Å². The fourth-order valence-corrected chi connectivity index (χ4v) is 3.22. The fraction of sp³-hybridized carbons (Fsp3) is 0. The maximum Gasteiger partial charge on any atom is 0.255 e. The molecule has 4 nitrogen and oxygen atoms in total. The molecule has 0 unspecified atom stereocenters. The van der Waals surface area contributed by atoms with Crippen molar-refractivity contribution < 1.29 is 4.79 Å². The number of aromatic nitrogens is 2. The van der Waals surface area contributed by atoms with Gasteiger partial charge >= 0.3 is 0 Å². The lowest BCUT2D eigenvalue weighted by Crippen LogP contribution is -2.11. The quantitative estimate of drug-likeness (QED) is 0.516. The highest BCUT2D eigenvalue weighted by molar-refractivity contribution is 7.00. The summed E-state index contributed by atoms with van der Waals surface area (Å²) in [5.74, 6) is -0.120. The molecule has 0 bridgehead atoms. The van der Waals surface area contributed by atoms with E-state index in [-0.39, 0.29) is 5.91 Å². The lowest BCUT2D eigenvalue weighted by atomic mass is 10.1. The van der Waals surface area contributed by atoms with Gasteiger partial charge in [0.25, 0.3) is 5.91 Å². The van der Waals surface area contributed by atoms with Crippen LogP contribution in [-0.2, 0) is 0 Å². The Morgan fingerprint density at radius 2 is 1.73 bits per heavy atom. The van der Waals surface area contributed by atoms with E-state index in [4.69, 9.17) is 0 Å². The molecule has 0 atom stereocenters. The first-order chi connectivity index (χ1) is 12.8. The maximum absolute atomic E-state index is 12.3. The van der Waals surface area contributed by atoms with Crippen LogP contribution in [0, 0.1) is 0 Å². The first kappa shape index (κ1) is 16.2. The van der Waals surface area contributed by atoms with E-state index >= 15 is 0 Å². The third-order valence-corrected chi connectivity index (χ3v) is 4.50. The minimum atomic E-state index is -0.120. The number of nitrogens with one attached hydrogen (secondary N) is 1. The molecular formula is C21H15N3OS. The summed E-state index contributed by atoms with van der Waals surface area (Å²) in [6, 6.07) is 22.9. The van der Waals surface area contributed by atoms with Gasteiger partial charge in [-0.2, -0.15) is 8.75 Å². The molecule has 4 rings (SSSR count). The third-order valence-electron chi connectivity index (χ3n) is 3.95. The van der Waals surface area contributed by atoms with Gasteiger partial charge in [0.2, 0.25) is 0 Å². The van der Waals surface area contributed by atoms with Crippen molar-refractivity contribution in [3.05, 3.63) is 89.5 Å². The number of fused-ring (bicyclic) bond motifs is 1. The van der Waals surface area contributed by atoms with Crippen molar-refractivity contribution >= 4 is 46.5 Å². The summed E-state index contributed by atoms with van der Waals surface area (Å²) < 4.78 is 8.60. The smallest absolute Gasteiger partial charge is 0.255 e. The van der Waals surface area contributed by atoms with E-state index in [1.54, 1.807) is 12.1 Å². The lowest BCUT2D eigenvalue weighted by Gasteiger charge is -2.06. The zero-order chi connectivity index (χ0) is 17.8. The van der Waals surface area contributed by atoms with Gasteiger partial charge in [-0.15, -0.1) is 0 Å². The van der Waals surface area contributed by atoms with Gasteiger partial charge in [-0.1, -0.05) is 54.6 Å². The monoisotopic (exact) mass is 357 g/mol. The lowest BCUT2D eigenvalue weighted by molar-refractivity contribution is 0.102. The van der Waals surface area contributed by atoms with E-state index in [1.165, 1.54) is 11.7 Å². The van der Waals surface area contributed by atoms with Gasteiger partial charge in [-0.05, 0) is 35.9 Å². The van der Waals surface area contributed by atoms with E-state index in [0.717, 1.165) is 27.8 Å². The van der Waals surface area contributed by atoms with E-state index in [2.05, 4.69) is 14.1 Å². The third kappa shape index (κ3) is 3.53. The SMILES string of the molecule is O=C(Nc1cccc(/C=C/c2cccc3nsnc23)c1)c1ccccc1. The number of anilines is 1. The van der Waals surface area contributed by atoms with Crippen LogP contribution in [0.4, 0.5) is 5.69 Å². The molecule has 0 aliphatic heterocycles. The zero-order valence-corrected chi connectivity index (χ0v) is 14.6. The first-order valence-electron chi connectivity index (χ1n) is 8.15. The molecule has 0 spiro atoms. The highest BCUT2D eigenvalue weighted by Crippen LogP contribution is 2.20. The summed E-state index contributed by atoms with van der Waals surface area (Å²) in [5, 5.41) is 2.93. The van der Waals surface area contributed by atoms with Crippen LogP contribution in [0.1, 0.15) is 21.5 Å². The average Bonchev–Trinajstić information content (AvgIpc) is 3.17. The van der Waals surface area contributed by atoms with Crippen LogP contribution in [-0.4, -0.2) is 14.7 Å². The molecule has 0 fully saturated rings. The van der Waals surface area contributed by atoms with Crippen LogP contribution < -0.4 is 5.32 Å². The molecule has 26 heavy (non-hydrogen) atoms. The van der Waals surface area contributed by atoms with Gasteiger partial charge in [-0.25, -0.2) is 0 Å². The number of hydrogen-bond donors (Lipinski definition) is 1. The molecule has 0 saturated heterocycles. The van der Waals surface area contributed by atoms with Gasteiger partial charge in [-0.3, -0.25) is 4.79 Å². The van der Waals surface area contributed by atoms with Crippen molar-refractivity contribution in [2.75, 3.05) is 5.32 Å². The van der Waals surface area contributed by atoms with Crippen molar-refractivity contribution in [2.45, 2.75) is 0 Å². The van der Waals surface area contributed by atoms with Crippen LogP contribution in [0.5, 0.6) is 0 Å². The predicted octanol–water partition coefficient (Wildman–Crippen LogP) is 5.11. The second kappa shape index (κ2) is 7.29. The van der Waals surface area contributed by atoms with Gasteiger partial charge in [0.1, 0.15) is 11.0 Å². The van der Waals surface area contributed by atoms with Gasteiger partial charge in [0, 0.05) is 16.8 Å². The minimum absolute atomic E-state index is 0.120. The van der Waals surface area contributed by atoms with Crippen LogP contribution in [0.3, 0.4) is 0 Å². The summed E-state index contributed by atoms with van der Waals surface area (Å²) >= 11 is 1.21. The average molecular weight is 357 g/mol. The molecule has 1 aromatic heterocycles. The Labute approximate surface area is 155 Å². The molecule has 4 aromatic rings. The Morgan fingerprint density at radius 1 is 0.885 bits per heavy atom. The van der Waals surface area contributed by atoms with E-state index in [9.17, 15) is 4.79 Å². The van der Waals surface area contributed by atoms with E-state index in [1.807, 2.05) is 72.8 Å². The molecule has 0 aliphatic rings. The van der Waals surface area contributed by atoms with Gasteiger partial charge in [0.15, 0.2) is 0 Å². The molecule has 5 heteroatoms. The Hall–Kier alpha value is -3.31. The highest BCUT2D eigenvalue weighted by Gasteiger charge is 2.05. The first-order valence-corrected chi connectivity index (χ1v) is 8.88. The van der Waals surface area contributed by atoms with Crippen molar-refractivity contribution in [2.24, 2.45) is 0 Å².